The molecule has 23 heavy (non-hydrogen) atoms. The van der Waals surface area contributed by atoms with E-state index < -0.39 is 20.5 Å². The van der Waals surface area contributed by atoms with Gasteiger partial charge in [0, 0.05) is 6.07 Å². The van der Waals surface area contributed by atoms with Gasteiger partial charge in [0.2, 0.25) is 0 Å². The van der Waals surface area contributed by atoms with Gasteiger partial charge in [-0.05, 0) is 24.3 Å². The second-order valence-electron chi connectivity index (χ2n) is 4.17. The van der Waals surface area contributed by atoms with Gasteiger partial charge in [-0.15, -0.1) is 0 Å². The van der Waals surface area contributed by atoms with E-state index in [0.29, 0.717) is 5.75 Å². The van der Waals surface area contributed by atoms with Gasteiger partial charge >= 0.3 is 10.5 Å². The molecule has 1 aromatic heterocycles. The highest BCUT2D eigenvalue weighted by atomic mass is 32.3. The van der Waals surface area contributed by atoms with Gasteiger partial charge in [0.05, 0.1) is 30.1 Å². The smallest absolute Gasteiger partial charge is 0.488 e. The van der Waals surface area contributed by atoms with Gasteiger partial charge in [0.25, 0.3) is 10.0 Å². The van der Waals surface area contributed by atoms with E-state index in [-0.39, 0.29) is 16.3 Å². The van der Waals surface area contributed by atoms with Crippen LogP contribution < -0.4 is 13.6 Å². The van der Waals surface area contributed by atoms with E-state index in [9.17, 15) is 20.7 Å². The molecular formula is C12H11FN2O6S2. The van der Waals surface area contributed by atoms with Crippen LogP contribution in [0.15, 0.2) is 47.6 Å². The highest BCUT2D eigenvalue weighted by Crippen LogP contribution is 2.21. The molecule has 0 bridgehead atoms. The lowest BCUT2D eigenvalue weighted by atomic mass is 10.3. The Morgan fingerprint density at radius 1 is 1.04 bits per heavy atom. The molecule has 1 N–H and O–H groups in total. The normalized spacial score (nSPS) is 11.7. The topological polar surface area (TPSA) is 112 Å². The minimum atomic E-state index is -5.17. The number of pyridine rings is 1. The summed E-state index contributed by atoms with van der Waals surface area (Å²) in [5.41, 5.74) is 0.177. The van der Waals surface area contributed by atoms with Crippen LogP contribution in [0, 0.1) is 0 Å². The number of methoxy groups -OCH3 is 1. The van der Waals surface area contributed by atoms with Gasteiger partial charge in [-0.25, -0.2) is 8.42 Å². The third kappa shape index (κ3) is 4.79. The zero-order chi connectivity index (χ0) is 17.1. The molecule has 0 aliphatic carbocycles. The number of rotatable bonds is 6. The third-order valence-electron chi connectivity index (χ3n) is 2.53. The summed E-state index contributed by atoms with van der Waals surface area (Å²) in [4.78, 5) is 3.63. The Balaban J connectivity index is 2.22. The van der Waals surface area contributed by atoms with Gasteiger partial charge in [0.1, 0.15) is 11.5 Å². The van der Waals surface area contributed by atoms with E-state index in [1.54, 1.807) is 0 Å². The first-order valence-electron chi connectivity index (χ1n) is 5.95. The Morgan fingerprint density at radius 2 is 1.70 bits per heavy atom. The Kier molecular flexibility index (Phi) is 4.71. The lowest BCUT2D eigenvalue weighted by molar-refractivity contribution is 0.413. The summed E-state index contributed by atoms with van der Waals surface area (Å²) in [6, 6.07) is 5.58. The largest absolute Gasteiger partial charge is 0.495 e. The van der Waals surface area contributed by atoms with Crippen molar-refractivity contribution in [2.24, 2.45) is 0 Å². The molecule has 0 saturated heterocycles. The van der Waals surface area contributed by atoms with Crippen LogP contribution in [0.1, 0.15) is 0 Å². The van der Waals surface area contributed by atoms with Crippen LogP contribution in [-0.4, -0.2) is 28.9 Å². The molecule has 2 rings (SSSR count). The van der Waals surface area contributed by atoms with Crippen LogP contribution in [0.3, 0.4) is 0 Å². The van der Waals surface area contributed by atoms with Crippen molar-refractivity contribution >= 4 is 26.2 Å². The molecule has 0 saturated carbocycles. The number of hydrogen-bond donors (Lipinski definition) is 1. The quantitative estimate of drug-likeness (QED) is 0.775. The highest BCUT2D eigenvalue weighted by Gasteiger charge is 2.16. The van der Waals surface area contributed by atoms with Crippen molar-refractivity contribution in [2.75, 3.05) is 11.8 Å². The summed E-state index contributed by atoms with van der Waals surface area (Å²) in [7, 11) is -7.70. The number of aromatic nitrogens is 1. The Hall–Kier alpha value is -2.40. The van der Waals surface area contributed by atoms with Gasteiger partial charge in [-0.3, -0.25) is 9.71 Å². The third-order valence-corrected chi connectivity index (χ3v) is 4.32. The average Bonchev–Trinajstić information content (AvgIpc) is 2.46. The second-order valence-corrected chi connectivity index (χ2v) is 6.80. The summed E-state index contributed by atoms with van der Waals surface area (Å²) in [5, 5.41) is 0. The number of nitrogens with one attached hydrogen (secondary N) is 1. The lowest BCUT2D eigenvalue weighted by Gasteiger charge is -2.09. The summed E-state index contributed by atoms with van der Waals surface area (Å²) < 4.78 is 68.6. The van der Waals surface area contributed by atoms with Crippen LogP contribution in [0.2, 0.25) is 0 Å². The predicted octanol–water partition coefficient (Wildman–Crippen LogP) is 1.48. The zero-order valence-electron chi connectivity index (χ0n) is 11.6. The van der Waals surface area contributed by atoms with Crippen molar-refractivity contribution in [3.63, 3.8) is 0 Å². The van der Waals surface area contributed by atoms with Gasteiger partial charge in [0.15, 0.2) is 0 Å². The molecule has 1 aromatic carbocycles. The van der Waals surface area contributed by atoms with Crippen LogP contribution in [0.4, 0.5) is 9.57 Å². The van der Waals surface area contributed by atoms with Crippen LogP contribution in [0.25, 0.3) is 0 Å². The lowest BCUT2D eigenvalue weighted by Crippen LogP contribution is -2.13. The van der Waals surface area contributed by atoms with Crippen LogP contribution in [0.5, 0.6) is 11.5 Å². The highest BCUT2D eigenvalue weighted by molar-refractivity contribution is 7.92. The molecule has 0 amide bonds. The van der Waals surface area contributed by atoms with Gasteiger partial charge < -0.3 is 8.92 Å². The summed E-state index contributed by atoms with van der Waals surface area (Å²) in [5.74, 6) is 0.0107. The monoisotopic (exact) mass is 362 g/mol. The molecule has 0 atom stereocenters. The number of ether oxygens (including phenoxy) is 1. The molecule has 0 fully saturated rings. The van der Waals surface area contributed by atoms with E-state index in [2.05, 4.69) is 13.9 Å². The first-order chi connectivity index (χ1) is 10.7. The molecule has 8 nitrogen and oxygen atoms in total. The zero-order valence-corrected chi connectivity index (χ0v) is 13.3. The maximum Gasteiger partial charge on any atom is 0.488 e. The van der Waals surface area contributed by atoms with E-state index in [0.717, 1.165) is 24.3 Å². The maximum atomic E-state index is 12.4. The maximum absolute atomic E-state index is 12.4. The molecule has 2 aromatic rings. The van der Waals surface area contributed by atoms with E-state index >= 15 is 0 Å². The summed E-state index contributed by atoms with van der Waals surface area (Å²) >= 11 is 0. The van der Waals surface area contributed by atoms with Crippen molar-refractivity contribution in [3.05, 3.63) is 42.7 Å². The number of halogens is 1. The van der Waals surface area contributed by atoms with Gasteiger partial charge in [-0.1, -0.05) is 3.89 Å². The first kappa shape index (κ1) is 17.0. The molecule has 0 unspecified atom stereocenters. The summed E-state index contributed by atoms with van der Waals surface area (Å²) in [6.45, 7) is 0. The summed E-state index contributed by atoms with van der Waals surface area (Å²) in [6.07, 6.45) is 2.69. The van der Waals surface area contributed by atoms with Crippen molar-refractivity contribution in [3.8, 4) is 11.5 Å². The molecule has 11 heteroatoms. The molecular weight excluding hydrogens is 351 g/mol. The van der Waals surface area contributed by atoms with Crippen molar-refractivity contribution < 1.29 is 29.6 Å². The molecule has 1 heterocycles. The van der Waals surface area contributed by atoms with Crippen molar-refractivity contribution in [2.45, 2.75) is 4.90 Å². The second kappa shape index (κ2) is 6.38. The van der Waals surface area contributed by atoms with Gasteiger partial charge in [-0.2, -0.15) is 8.42 Å². The molecule has 0 radical (unpaired) electrons. The fourth-order valence-electron chi connectivity index (χ4n) is 1.59. The Labute approximate surface area is 132 Å². The number of benzene rings is 1. The van der Waals surface area contributed by atoms with E-state index in [4.69, 9.17) is 4.74 Å². The molecule has 0 aliphatic heterocycles. The first-order valence-corrected chi connectivity index (χ1v) is 8.75. The van der Waals surface area contributed by atoms with Crippen LogP contribution in [-0.2, 0) is 20.5 Å². The fourth-order valence-corrected chi connectivity index (χ4v) is 2.96. The molecule has 0 aliphatic rings. The Morgan fingerprint density at radius 3 is 2.26 bits per heavy atom. The SMILES string of the molecule is COc1cncc(NS(=O)(=O)c2ccc(OS(=O)(=O)F)cc2)c1. The number of hydrogen-bond acceptors (Lipinski definition) is 7. The number of anilines is 1. The molecule has 124 valence electrons. The fraction of sp³-hybridized carbons (Fsp3) is 0.0833. The number of sulfonamides is 1. The van der Waals surface area contributed by atoms with Crippen molar-refractivity contribution in [1.82, 2.24) is 4.98 Å². The molecule has 0 spiro atoms. The predicted molar refractivity (Wildman–Crippen MR) is 78.7 cm³/mol. The van der Waals surface area contributed by atoms with Crippen LogP contribution >= 0.6 is 0 Å². The minimum Gasteiger partial charge on any atom is -0.495 e. The number of nitrogens with zero attached hydrogens (tertiary/aromatic N) is 1. The Bertz CT molecular complexity index is 897. The van der Waals surface area contributed by atoms with E-state index in [1.807, 2.05) is 0 Å². The van der Waals surface area contributed by atoms with E-state index in [1.165, 1.54) is 25.6 Å². The minimum absolute atomic E-state index is 0.177. The average molecular weight is 362 g/mol. The standard InChI is InChI=1S/C12H11FN2O6S2/c1-20-11-6-9(7-14-8-11)15-22(16,17)12-4-2-10(3-5-12)21-23(13,18)19/h2-8,15H,1H3. The van der Waals surface area contributed by atoms with Crippen molar-refractivity contribution in [1.29, 1.82) is 0 Å².